The molecule has 0 heterocycles. The average Bonchev–Trinajstić information content (AvgIpc) is 2.39. The number of ether oxygens (including phenoxy) is 3. The van der Waals surface area contributed by atoms with Crippen molar-refractivity contribution in [3.05, 3.63) is 12.7 Å². The Bertz CT molecular complexity index is 384. The van der Waals surface area contributed by atoms with Crippen LogP contribution in [0.4, 0.5) is 0 Å². The first-order valence-corrected chi connectivity index (χ1v) is 6.80. The maximum atomic E-state index is 11.5. The molecule has 0 fully saturated rings. The maximum Gasteiger partial charge on any atom is 0.330 e. The van der Waals surface area contributed by atoms with Gasteiger partial charge in [0.2, 0.25) is 0 Å². The van der Waals surface area contributed by atoms with E-state index in [4.69, 9.17) is 14.2 Å². The van der Waals surface area contributed by atoms with Gasteiger partial charge >= 0.3 is 17.9 Å². The summed E-state index contributed by atoms with van der Waals surface area (Å²) in [7, 11) is 0. The first-order valence-electron chi connectivity index (χ1n) is 6.80. The molecular formula is C15H24O6. The molecule has 0 atom stereocenters. The third-order valence-corrected chi connectivity index (χ3v) is 2.30. The van der Waals surface area contributed by atoms with Crippen LogP contribution in [-0.2, 0) is 28.6 Å². The van der Waals surface area contributed by atoms with Crippen LogP contribution in [0, 0.1) is 5.41 Å². The van der Waals surface area contributed by atoms with Gasteiger partial charge in [0.25, 0.3) is 0 Å². The fourth-order valence-corrected chi connectivity index (χ4v) is 1.24. The fourth-order valence-electron chi connectivity index (χ4n) is 1.24. The molecular weight excluding hydrogens is 276 g/mol. The van der Waals surface area contributed by atoms with Crippen LogP contribution in [0.2, 0.25) is 0 Å². The molecule has 0 unspecified atom stereocenters. The zero-order chi connectivity index (χ0) is 16.5. The minimum atomic E-state index is -0.522. The summed E-state index contributed by atoms with van der Waals surface area (Å²) in [4.78, 5) is 33.8. The Balaban J connectivity index is 3.97. The van der Waals surface area contributed by atoms with Crippen LogP contribution >= 0.6 is 0 Å². The topological polar surface area (TPSA) is 78.9 Å². The van der Waals surface area contributed by atoms with Crippen LogP contribution in [0.3, 0.4) is 0 Å². The lowest BCUT2D eigenvalue weighted by Gasteiger charge is -2.23. The van der Waals surface area contributed by atoms with Crippen molar-refractivity contribution in [3.8, 4) is 0 Å². The standard InChI is InChI=1S/C15H24O6/c1-6-12(16)19-9-15(4,5)10-20-13(17)7-8-14(18)21-11(2)3/h6,11H,1,7-10H2,2-5H3. The predicted octanol–water partition coefficient (Wildman–Crippen LogP) is 2.02. The van der Waals surface area contributed by atoms with E-state index < -0.39 is 23.3 Å². The number of carbonyl (C=O) groups is 3. The zero-order valence-corrected chi connectivity index (χ0v) is 13.1. The SMILES string of the molecule is C=CC(=O)OCC(C)(C)COC(=O)CCC(=O)OC(C)C. The Hall–Kier alpha value is -1.85. The van der Waals surface area contributed by atoms with Crippen molar-refractivity contribution in [3.63, 3.8) is 0 Å². The fraction of sp³-hybridized carbons (Fsp3) is 0.667. The molecule has 6 nitrogen and oxygen atoms in total. The van der Waals surface area contributed by atoms with Gasteiger partial charge in [-0.25, -0.2) is 4.79 Å². The third kappa shape index (κ3) is 10.6. The van der Waals surface area contributed by atoms with E-state index in [1.165, 1.54) is 0 Å². The largest absolute Gasteiger partial charge is 0.465 e. The maximum absolute atomic E-state index is 11.5. The zero-order valence-electron chi connectivity index (χ0n) is 13.1. The first kappa shape index (κ1) is 19.1. The molecule has 0 aromatic heterocycles. The van der Waals surface area contributed by atoms with Crippen molar-refractivity contribution < 1.29 is 28.6 Å². The van der Waals surface area contributed by atoms with Crippen molar-refractivity contribution in [1.29, 1.82) is 0 Å². The predicted molar refractivity (Wildman–Crippen MR) is 76.4 cm³/mol. The molecule has 0 radical (unpaired) electrons. The minimum Gasteiger partial charge on any atom is -0.465 e. The second kappa shape index (κ2) is 9.15. The second-order valence-electron chi connectivity index (χ2n) is 5.68. The molecule has 0 spiro atoms. The first-order chi connectivity index (χ1) is 9.66. The van der Waals surface area contributed by atoms with E-state index in [2.05, 4.69) is 6.58 Å². The van der Waals surface area contributed by atoms with E-state index >= 15 is 0 Å². The van der Waals surface area contributed by atoms with Gasteiger partial charge < -0.3 is 14.2 Å². The summed E-state index contributed by atoms with van der Waals surface area (Å²) in [6.07, 6.45) is 0.825. The molecule has 0 rings (SSSR count). The highest BCUT2D eigenvalue weighted by Gasteiger charge is 2.22. The molecule has 21 heavy (non-hydrogen) atoms. The molecule has 0 aromatic rings. The molecule has 0 bridgehead atoms. The Labute approximate surface area is 125 Å². The van der Waals surface area contributed by atoms with E-state index in [-0.39, 0.29) is 32.2 Å². The molecule has 0 aromatic carbocycles. The summed E-state index contributed by atoms with van der Waals surface area (Å²) in [6.45, 7) is 10.6. The van der Waals surface area contributed by atoms with Gasteiger partial charge in [0.15, 0.2) is 0 Å². The van der Waals surface area contributed by atoms with Crippen molar-refractivity contribution >= 4 is 17.9 Å². The quantitative estimate of drug-likeness (QED) is 0.368. The van der Waals surface area contributed by atoms with E-state index in [0.29, 0.717) is 0 Å². The second-order valence-corrected chi connectivity index (χ2v) is 5.68. The van der Waals surface area contributed by atoms with Crippen LogP contribution in [0.15, 0.2) is 12.7 Å². The van der Waals surface area contributed by atoms with Gasteiger partial charge in [0.05, 0.1) is 32.2 Å². The average molecular weight is 300 g/mol. The highest BCUT2D eigenvalue weighted by molar-refractivity contribution is 5.81. The molecule has 6 heteroatoms. The smallest absolute Gasteiger partial charge is 0.330 e. The van der Waals surface area contributed by atoms with Crippen LogP contribution < -0.4 is 0 Å². The van der Waals surface area contributed by atoms with Gasteiger partial charge in [-0.1, -0.05) is 20.4 Å². The molecule has 0 aliphatic carbocycles. The summed E-state index contributed by atoms with van der Waals surface area (Å²) in [5.74, 6) is -1.44. The summed E-state index contributed by atoms with van der Waals surface area (Å²) < 4.78 is 14.9. The van der Waals surface area contributed by atoms with Crippen LogP contribution in [0.5, 0.6) is 0 Å². The van der Waals surface area contributed by atoms with Crippen LogP contribution in [0.25, 0.3) is 0 Å². The monoisotopic (exact) mass is 300 g/mol. The van der Waals surface area contributed by atoms with Gasteiger partial charge in [-0.15, -0.1) is 0 Å². The van der Waals surface area contributed by atoms with Gasteiger partial charge in [-0.2, -0.15) is 0 Å². The number of hydrogen-bond donors (Lipinski definition) is 0. The molecule has 0 saturated carbocycles. The van der Waals surface area contributed by atoms with Gasteiger partial charge in [-0.05, 0) is 13.8 Å². The number of rotatable bonds is 9. The van der Waals surface area contributed by atoms with E-state index in [1.54, 1.807) is 27.7 Å². The highest BCUT2D eigenvalue weighted by Crippen LogP contribution is 2.16. The van der Waals surface area contributed by atoms with E-state index in [9.17, 15) is 14.4 Å². The van der Waals surface area contributed by atoms with E-state index in [1.807, 2.05) is 0 Å². The van der Waals surface area contributed by atoms with Crippen molar-refractivity contribution in [2.24, 2.45) is 5.41 Å². The molecule has 120 valence electrons. The lowest BCUT2D eigenvalue weighted by molar-refractivity contribution is -0.155. The summed E-state index contributed by atoms with van der Waals surface area (Å²) in [6, 6.07) is 0. The molecule has 0 N–H and O–H groups in total. The Kier molecular flexibility index (Phi) is 8.35. The van der Waals surface area contributed by atoms with Gasteiger partial charge in [0, 0.05) is 11.5 Å². The number of esters is 3. The molecule has 0 aliphatic rings. The molecule has 0 aliphatic heterocycles. The van der Waals surface area contributed by atoms with Gasteiger partial charge in [-0.3, -0.25) is 9.59 Å². The molecule has 0 amide bonds. The van der Waals surface area contributed by atoms with Crippen molar-refractivity contribution in [2.75, 3.05) is 13.2 Å². The molecule has 0 saturated heterocycles. The number of carbonyl (C=O) groups excluding carboxylic acids is 3. The normalized spacial score (nSPS) is 10.9. The minimum absolute atomic E-state index is 0.0110. The summed E-state index contributed by atoms with van der Waals surface area (Å²) in [5, 5.41) is 0. The van der Waals surface area contributed by atoms with Crippen molar-refractivity contribution in [1.82, 2.24) is 0 Å². The van der Waals surface area contributed by atoms with Crippen LogP contribution in [-0.4, -0.2) is 37.2 Å². The Morgan fingerprint density at radius 3 is 2.10 bits per heavy atom. The Morgan fingerprint density at radius 2 is 1.57 bits per heavy atom. The summed E-state index contributed by atoms with van der Waals surface area (Å²) in [5.41, 5.74) is -0.507. The van der Waals surface area contributed by atoms with Crippen LogP contribution in [0.1, 0.15) is 40.5 Å². The Morgan fingerprint density at radius 1 is 1.05 bits per heavy atom. The number of hydrogen-bond acceptors (Lipinski definition) is 6. The highest BCUT2D eigenvalue weighted by atomic mass is 16.6. The lowest BCUT2D eigenvalue weighted by atomic mass is 9.96. The van der Waals surface area contributed by atoms with Crippen molar-refractivity contribution in [2.45, 2.75) is 46.6 Å². The lowest BCUT2D eigenvalue weighted by Crippen LogP contribution is -2.28. The third-order valence-electron chi connectivity index (χ3n) is 2.30. The van der Waals surface area contributed by atoms with E-state index in [0.717, 1.165) is 6.08 Å². The summed E-state index contributed by atoms with van der Waals surface area (Å²) >= 11 is 0. The van der Waals surface area contributed by atoms with Gasteiger partial charge in [0.1, 0.15) is 0 Å².